The van der Waals surface area contributed by atoms with Gasteiger partial charge in [0.1, 0.15) is 5.76 Å². The molecule has 2 nitrogen and oxygen atoms in total. The molecule has 0 amide bonds. The first-order valence-corrected chi connectivity index (χ1v) is 3.82. The molecule has 0 spiro atoms. The van der Waals surface area contributed by atoms with Crippen molar-refractivity contribution in [3.8, 4) is 0 Å². The molecule has 0 saturated heterocycles. The van der Waals surface area contributed by atoms with Crippen LogP contribution in [0.25, 0.3) is 0 Å². The molecule has 0 saturated carbocycles. The van der Waals surface area contributed by atoms with Crippen LogP contribution < -0.4 is 0 Å². The van der Waals surface area contributed by atoms with E-state index in [0.717, 1.165) is 12.2 Å². The average molecular weight is 159 g/mol. The van der Waals surface area contributed by atoms with Crippen LogP contribution in [0.3, 0.4) is 0 Å². The summed E-state index contributed by atoms with van der Waals surface area (Å²) in [4.78, 5) is 0. The predicted molar refractivity (Wildman–Crippen MR) is 46.2 cm³/mol. The maximum absolute atomic E-state index is 5.07. The van der Waals surface area contributed by atoms with Crippen LogP contribution >= 0.6 is 0 Å². The number of hydrogen-bond donors (Lipinski definition) is 0. The van der Waals surface area contributed by atoms with Crippen molar-refractivity contribution in [3.05, 3.63) is 47.9 Å². The van der Waals surface area contributed by atoms with Crippen LogP contribution in [-0.2, 0) is 15.7 Å². The summed E-state index contributed by atoms with van der Waals surface area (Å²) in [6, 6.07) is 10.1. The number of allylic oxidation sites excluding steroid dienone is 1. The van der Waals surface area contributed by atoms with Gasteiger partial charge in [-0.3, -0.25) is 0 Å². The highest BCUT2D eigenvalue weighted by Gasteiger charge is 2.10. The van der Waals surface area contributed by atoms with Gasteiger partial charge in [0.15, 0.2) is 0 Å². The Hall–Kier alpha value is -1.38. The van der Waals surface area contributed by atoms with E-state index in [1.165, 1.54) is 13.2 Å². The van der Waals surface area contributed by atoms with Gasteiger partial charge in [-0.15, -0.1) is 0 Å². The molecule has 1 aliphatic heterocycles. The molecule has 0 unspecified atom stereocenters. The van der Waals surface area contributed by atoms with Crippen LogP contribution in [0, 0.1) is 0 Å². The molecule has 0 aliphatic carbocycles. The highest BCUT2D eigenvalue weighted by molar-refractivity contribution is 6.19. The Morgan fingerprint density at radius 2 is 2.00 bits per heavy atom. The summed E-state index contributed by atoms with van der Waals surface area (Å²) < 4.78 is 9.89. The SMILES string of the molecule is [B]1OC=C(Cc2ccccc2)O1. The van der Waals surface area contributed by atoms with E-state index < -0.39 is 0 Å². The molecular weight excluding hydrogens is 151 g/mol. The van der Waals surface area contributed by atoms with Gasteiger partial charge in [-0.2, -0.15) is 0 Å². The lowest BCUT2D eigenvalue weighted by atomic mass is 10.1. The summed E-state index contributed by atoms with van der Waals surface area (Å²) in [6.07, 6.45) is 2.41. The molecule has 0 N–H and O–H groups in total. The van der Waals surface area contributed by atoms with Crippen molar-refractivity contribution in [2.45, 2.75) is 6.42 Å². The van der Waals surface area contributed by atoms with Gasteiger partial charge in [0.2, 0.25) is 0 Å². The molecule has 1 aromatic carbocycles. The van der Waals surface area contributed by atoms with Gasteiger partial charge in [0.25, 0.3) is 0 Å². The normalized spacial score (nSPS) is 14.2. The molecule has 2 rings (SSSR count). The summed E-state index contributed by atoms with van der Waals surface area (Å²) in [5.41, 5.74) is 1.22. The fraction of sp³-hybridized carbons (Fsp3) is 0.111. The summed E-state index contributed by atoms with van der Waals surface area (Å²) in [5, 5.41) is 0. The molecule has 1 radical (unpaired) electrons. The largest absolute Gasteiger partial charge is 0.657 e. The van der Waals surface area contributed by atoms with Crippen molar-refractivity contribution in [1.82, 2.24) is 0 Å². The second kappa shape index (κ2) is 3.35. The molecule has 3 heteroatoms. The standard InChI is InChI=1S/C9H8BO2/c1-2-4-8(5-3-1)6-9-7-11-10-12-9/h1-5,7H,6H2. The first kappa shape index (κ1) is 7.28. The molecule has 0 atom stereocenters. The minimum absolute atomic E-state index is 0.789. The quantitative estimate of drug-likeness (QED) is 0.610. The zero-order valence-corrected chi connectivity index (χ0v) is 6.57. The van der Waals surface area contributed by atoms with E-state index in [1.54, 1.807) is 6.26 Å². The van der Waals surface area contributed by atoms with E-state index >= 15 is 0 Å². The number of hydrogen-bond acceptors (Lipinski definition) is 2. The average Bonchev–Trinajstić information content (AvgIpc) is 2.59. The molecule has 0 aromatic heterocycles. The van der Waals surface area contributed by atoms with Gasteiger partial charge < -0.3 is 9.31 Å². The van der Waals surface area contributed by atoms with Gasteiger partial charge in [0, 0.05) is 6.42 Å². The Kier molecular flexibility index (Phi) is 2.03. The van der Waals surface area contributed by atoms with E-state index in [9.17, 15) is 0 Å². The molecule has 1 heterocycles. The third-order valence-corrected chi connectivity index (χ3v) is 1.68. The van der Waals surface area contributed by atoms with E-state index in [-0.39, 0.29) is 0 Å². The van der Waals surface area contributed by atoms with Crippen molar-refractivity contribution in [2.24, 2.45) is 0 Å². The van der Waals surface area contributed by atoms with Gasteiger partial charge >= 0.3 is 7.69 Å². The molecular formula is C9H8BO2. The monoisotopic (exact) mass is 159 g/mol. The zero-order chi connectivity index (χ0) is 8.23. The molecule has 0 bridgehead atoms. The van der Waals surface area contributed by atoms with Crippen LogP contribution in [0.15, 0.2) is 42.4 Å². The van der Waals surface area contributed by atoms with Crippen molar-refractivity contribution >= 4 is 7.69 Å². The number of rotatable bonds is 2. The van der Waals surface area contributed by atoms with Crippen molar-refractivity contribution in [2.75, 3.05) is 0 Å². The maximum Gasteiger partial charge on any atom is 0.657 e. The summed E-state index contributed by atoms with van der Waals surface area (Å²) in [6.45, 7) is 0. The Morgan fingerprint density at radius 1 is 1.17 bits per heavy atom. The second-order valence-corrected chi connectivity index (χ2v) is 2.60. The summed E-state index contributed by atoms with van der Waals surface area (Å²) >= 11 is 0. The smallest absolute Gasteiger partial charge is 0.529 e. The maximum atomic E-state index is 5.07. The first-order valence-electron chi connectivity index (χ1n) is 3.82. The van der Waals surface area contributed by atoms with Crippen LogP contribution in [0.4, 0.5) is 0 Å². The fourth-order valence-corrected chi connectivity index (χ4v) is 1.10. The lowest BCUT2D eigenvalue weighted by Crippen LogP contribution is -1.93. The van der Waals surface area contributed by atoms with Gasteiger partial charge in [-0.1, -0.05) is 30.3 Å². The van der Waals surface area contributed by atoms with Gasteiger partial charge in [-0.05, 0) is 5.56 Å². The predicted octanol–water partition coefficient (Wildman–Crippen LogP) is 1.65. The van der Waals surface area contributed by atoms with Crippen LogP contribution in [0.1, 0.15) is 5.56 Å². The van der Waals surface area contributed by atoms with E-state index in [0.29, 0.717) is 0 Å². The van der Waals surface area contributed by atoms with Gasteiger partial charge in [0.05, 0.1) is 6.26 Å². The fourth-order valence-electron chi connectivity index (χ4n) is 1.10. The van der Waals surface area contributed by atoms with Crippen LogP contribution in [0.5, 0.6) is 0 Å². The topological polar surface area (TPSA) is 18.5 Å². The molecule has 1 aromatic rings. The third kappa shape index (κ3) is 1.61. The van der Waals surface area contributed by atoms with Crippen LogP contribution in [-0.4, -0.2) is 7.69 Å². The second-order valence-electron chi connectivity index (χ2n) is 2.60. The molecule has 59 valence electrons. The van der Waals surface area contributed by atoms with Crippen molar-refractivity contribution < 1.29 is 9.31 Å². The molecule has 0 fully saturated rings. The zero-order valence-electron chi connectivity index (χ0n) is 6.57. The highest BCUT2D eigenvalue weighted by atomic mass is 16.6. The minimum Gasteiger partial charge on any atom is -0.529 e. The lowest BCUT2D eigenvalue weighted by Gasteiger charge is -2.00. The Bertz CT molecular complexity index is 282. The van der Waals surface area contributed by atoms with Crippen molar-refractivity contribution in [3.63, 3.8) is 0 Å². The summed E-state index contributed by atoms with van der Waals surface area (Å²) in [5.74, 6) is 0.848. The molecule has 12 heavy (non-hydrogen) atoms. The first-order chi connectivity index (χ1) is 5.95. The third-order valence-electron chi connectivity index (χ3n) is 1.68. The number of benzene rings is 1. The molecule has 1 aliphatic rings. The Morgan fingerprint density at radius 3 is 2.67 bits per heavy atom. The Balaban J connectivity index is 2.04. The highest BCUT2D eigenvalue weighted by Crippen LogP contribution is 2.12. The Labute approximate surface area is 72.1 Å². The van der Waals surface area contributed by atoms with E-state index in [1.807, 2.05) is 18.2 Å². The van der Waals surface area contributed by atoms with E-state index in [2.05, 4.69) is 12.1 Å². The lowest BCUT2D eigenvalue weighted by molar-refractivity contribution is 0.414. The summed E-state index contributed by atoms with van der Waals surface area (Å²) in [7, 11) is 1.33. The minimum atomic E-state index is 0.789. The van der Waals surface area contributed by atoms with E-state index in [4.69, 9.17) is 9.31 Å². The van der Waals surface area contributed by atoms with Gasteiger partial charge in [-0.25, -0.2) is 0 Å². The van der Waals surface area contributed by atoms with Crippen molar-refractivity contribution in [1.29, 1.82) is 0 Å². The van der Waals surface area contributed by atoms with Crippen LogP contribution in [0.2, 0.25) is 0 Å².